The molecule has 0 radical (unpaired) electrons. The van der Waals surface area contributed by atoms with Crippen LogP contribution in [0.4, 0.5) is 0 Å². The molecule has 1 aromatic rings. The third kappa shape index (κ3) is 2.90. The van der Waals surface area contributed by atoms with Crippen molar-refractivity contribution < 1.29 is 4.79 Å². The summed E-state index contributed by atoms with van der Waals surface area (Å²) in [5.74, 6) is 0.175. The summed E-state index contributed by atoms with van der Waals surface area (Å²) in [5.41, 5.74) is 1.08. The van der Waals surface area contributed by atoms with E-state index in [-0.39, 0.29) is 5.91 Å². The van der Waals surface area contributed by atoms with E-state index in [0.717, 1.165) is 12.1 Å². The van der Waals surface area contributed by atoms with Crippen LogP contribution in [0, 0.1) is 0 Å². The number of nitrogens with zero attached hydrogens (tertiary/aromatic N) is 1. The highest BCUT2D eigenvalue weighted by atomic mass is 16.2. The first-order valence-corrected chi connectivity index (χ1v) is 4.52. The van der Waals surface area contributed by atoms with E-state index in [0.29, 0.717) is 6.42 Å². The van der Waals surface area contributed by atoms with Crippen LogP contribution in [0.15, 0.2) is 30.3 Å². The standard InChI is InChI=1S/C11H15NO/c1-3-12(2)11(13)9-10-7-5-4-6-8-10/h4-8H,3,9H2,1-2H3. The second-order valence-electron chi connectivity index (χ2n) is 3.07. The van der Waals surface area contributed by atoms with Crippen molar-refractivity contribution in [2.45, 2.75) is 13.3 Å². The molecule has 13 heavy (non-hydrogen) atoms. The van der Waals surface area contributed by atoms with Crippen molar-refractivity contribution in [2.24, 2.45) is 0 Å². The largest absolute Gasteiger partial charge is 0.346 e. The van der Waals surface area contributed by atoms with Crippen molar-refractivity contribution >= 4 is 5.91 Å². The van der Waals surface area contributed by atoms with Crippen LogP contribution in [0.2, 0.25) is 0 Å². The number of carbonyl (C=O) groups is 1. The number of amides is 1. The minimum absolute atomic E-state index is 0.175. The van der Waals surface area contributed by atoms with Crippen molar-refractivity contribution in [3.63, 3.8) is 0 Å². The molecular formula is C11H15NO. The zero-order valence-corrected chi connectivity index (χ0v) is 8.16. The highest BCUT2D eigenvalue weighted by Crippen LogP contribution is 2.01. The van der Waals surface area contributed by atoms with Gasteiger partial charge in [0.1, 0.15) is 0 Å². The molecule has 0 N–H and O–H groups in total. The fourth-order valence-electron chi connectivity index (χ4n) is 1.08. The lowest BCUT2D eigenvalue weighted by molar-refractivity contribution is -0.128. The van der Waals surface area contributed by atoms with Crippen molar-refractivity contribution in [3.8, 4) is 0 Å². The minimum atomic E-state index is 0.175. The van der Waals surface area contributed by atoms with Crippen LogP contribution in [0.3, 0.4) is 0 Å². The number of likely N-dealkylation sites (N-methyl/N-ethyl adjacent to an activating group) is 1. The maximum absolute atomic E-state index is 11.5. The molecular weight excluding hydrogens is 162 g/mol. The molecule has 0 unspecified atom stereocenters. The highest BCUT2D eigenvalue weighted by Gasteiger charge is 2.06. The zero-order chi connectivity index (χ0) is 9.68. The summed E-state index contributed by atoms with van der Waals surface area (Å²) in [4.78, 5) is 13.2. The summed E-state index contributed by atoms with van der Waals surface area (Å²) < 4.78 is 0. The third-order valence-corrected chi connectivity index (χ3v) is 2.10. The maximum atomic E-state index is 11.5. The summed E-state index contributed by atoms with van der Waals surface area (Å²) in [6.45, 7) is 2.74. The number of rotatable bonds is 3. The van der Waals surface area contributed by atoms with Gasteiger partial charge in [0.15, 0.2) is 0 Å². The molecule has 70 valence electrons. The molecule has 0 atom stereocenters. The van der Waals surface area contributed by atoms with Crippen LogP contribution in [0.5, 0.6) is 0 Å². The van der Waals surface area contributed by atoms with Crippen LogP contribution < -0.4 is 0 Å². The van der Waals surface area contributed by atoms with Crippen molar-refractivity contribution in [1.29, 1.82) is 0 Å². The van der Waals surface area contributed by atoms with E-state index in [1.54, 1.807) is 4.90 Å². The van der Waals surface area contributed by atoms with E-state index in [1.165, 1.54) is 0 Å². The fraction of sp³-hybridized carbons (Fsp3) is 0.364. The van der Waals surface area contributed by atoms with Crippen LogP contribution in [0.25, 0.3) is 0 Å². The summed E-state index contributed by atoms with van der Waals surface area (Å²) >= 11 is 0. The number of benzene rings is 1. The summed E-state index contributed by atoms with van der Waals surface area (Å²) in [6, 6.07) is 9.81. The van der Waals surface area contributed by atoms with Gasteiger partial charge in [-0.25, -0.2) is 0 Å². The molecule has 0 aliphatic heterocycles. The van der Waals surface area contributed by atoms with Gasteiger partial charge in [0, 0.05) is 13.6 Å². The Kier molecular flexibility index (Phi) is 3.50. The van der Waals surface area contributed by atoms with Gasteiger partial charge in [-0.05, 0) is 12.5 Å². The molecule has 0 fully saturated rings. The zero-order valence-electron chi connectivity index (χ0n) is 8.16. The molecule has 0 bridgehead atoms. The number of hydrogen-bond acceptors (Lipinski definition) is 1. The van der Waals surface area contributed by atoms with Crippen LogP contribution in [-0.2, 0) is 11.2 Å². The Morgan fingerprint density at radius 1 is 1.31 bits per heavy atom. The van der Waals surface area contributed by atoms with E-state index in [2.05, 4.69) is 0 Å². The summed E-state index contributed by atoms with van der Waals surface area (Å²) in [7, 11) is 1.82. The lowest BCUT2D eigenvalue weighted by Crippen LogP contribution is -2.27. The van der Waals surface area contributed by atoms with Gasteiger partial charge in [0.25, 0.3) is 0 Å². The Hall–Kier alpha value is -1.31. The predicted molar refractivity (Wildman–Crippen MR) is 53.5 cm³/mol. The molecule has 0 aromatic heterocycles. The third-order valence-electron chi connectivity index (χ3n) is 2.10. The molecule has 1 rings (SSSR count). The van der Waals surface area contributed by atoms with Gasteiger partial charge in [0.2, 0.25) is 5.91 Å². The van der Waals surface area contributed by atoms with Crippen molar-refractivity contribution in [1.82, 2.24) is 4.90 Å². The van der Waals surface area contributed by atoms with Gasteiger partial charge in [-0.15, -0.1) is 0 Å². The molecule has 0 spiro atoms. The Morgan fingerprint density at radius 2 is 1.92 bits per heavy atom. The molecule has 2 heteroatoms. The van der Waals surface area contributed by atoms with E-state index < -0.39 is 0 Å². The summed E-state index contributed by atoms with van der Waals surface area (Å²) in [6.07, 6.45) is 0.505. The highest BCUT2D eigenvalue weighted by molar-refractivity contribution is 5.78. The topological polar surface area (TPSA) is 20.3 Å². The fourth-order valence-corrected chi connectivity index (χ4v) is 1.08. The van der Waals surface area contributed by atoms with Crippen LogP contribution in [-0.4, -0.2) is 24.4 Å². The van der Waals surface area contributed by atoms with E-state index >= 15 is 0 Å². The maximum Gasteiger partial charge on any atom is 0.226 e. The number of carbonyl (C=O) groups excluding carboxylic acids is 1. The van der Waals surface area contributed by atoms with Gasteiger partial charge >= 0.3 is 0 Å². The molecule has 0 saturated carbocycles. The first kappa shape index (κ1) is 9.78. The van der Waals surface area contributed by atoms with Gasteiger partial charge < -0.3 is 4.90 Å². The summed E-state index contributed by atoms with van der Waals surface area (Å²) in [5, 5.41) is 0. The molecule has 0 heterocycles. The predicted octanol–water partition coefficient (Wildman–Crippen LogP) is 1.71. The average Bonchev–Trinajstić information content (AvgIpc) is 2.18. The number of hydrogen-bond donors (Lipinski definition) is 0. The van der Waals surface area contributed by atoms with E-state index in [1.807, 2.05) is 44.3 Å². The smallest absolute Gasteiger partial charge is 0.226 e. The van der Waals surface area contributed by atoms with Gasteiger partial charge in [-0.2, -0.15) is 0 Å². The van der Waals surface area contributed by atoms with Crippen molar-refractivity contribution in [3.05, 3.63) is 35.9 Å². The second-order valence-corrected chi connectivity index (χ2v) is 3.07. The van der Waals surface area contributed by atoms with E-state index in [4.69, 9.17) is 0 Å². The molecule has 1 aromatic carbocycles. The molecule has 1 amide bonds. The van der Waals surface area contributed by atoms with Crippen LogP contribution >= 0.6 is 0 Å². The first-order valence-electron chi connectivity index (χ1n) is 4.52. The van der Waals surface area contributed by atoms with E-state index in [9.17, 15) is 4.79 Å². The lowest BCUT2D eigenvalue weighted by Gasteiger charge is -2.13. The van der Waals surface area contributed by atoms with Gasteiger partial charge in [0.05, 0.1) is 6.42 Å². The Morgan fingerprint density at radius 3 is 2.46 bits per heavy atom. The average molecular weight is 177 g/mol. The SMILES string of the molecule is CCN(C)C(=O)Cc1ccccc1. The quantitative estimate of drug-likeness (QED) is 0.688. The minimum Gasteiger partial charge on any atom is -0.346 e. The normalized spacial score (nSPS) is 9.69. The Bertz CT molecular complexity index is 269. The Labute approximate surface area is 79.2 Å². The van der Waals surface area contributed by atoms with Crippen molar-refractivity contribution in [2.75, 3.05) is 13.6 Å². The van der Waals surface area contributed by atoms with Gasteiger partial charge in [-0.3, -0.25) is 4.79 Å². The first-order chi connectivity index (χ1) is 6.24. The molecule has 0 aliphatic rings. The Balaban J connectivity index is 2.55. The molecule has 0 aliphatic carbocycles. The van der Waals surface area contributed by atoms with Crippen LogP contribution in [0.1, 0.15) is 12.5 Å². The molecule has 2 nitrogen and oxygen atoms in total. The monoisotopic (exact) mass is 177 g/mol. The lowest BCUT2D eigenvalue weighted by atomic mass is 10.1. The second kappa shape index (κ2) is 4.65. The molecule has 0 saturated heterocycles. The van der Waals surface area contributed by atoms with Gasteiger partial charge in [-0.1, -0.05) is 30.3 Å².